The van der Waals surface area contributed by atoms with E-state index in [2.05, 4.69) is 10.1 Å². The van der Waals surface area contributed by atoms with Crippen molar-refractivity contribution in [3.8, 4) is 11.6 Å². The molecule has 2 aliphatic rings. The molecule has 1 fully saturated rings. The van der Waals surface area contributed by atoms with Crippen LogP contribution in [0, 0.1) is 0 Å². The lowest BCUT2D eigenvalue weighted by Gasteiger charge is -2.31. The SMILES string of the molecule is COc1cccnc1OCC(=O)N1CCC(c2nc(C3=NOC(c4c(N)cccc4Cl)C3)cs2)CC1. The first-order valence-electron chi connectivity index (χ1n) is 11.7. The first kappa shape index (κ1) is 24.3. The van der Waals surface area contributed by atoms with Crippen molar-refractivity contribution in [3.63, 3.8) is 0 Å². The zero-order valence-electron chi connectivity index (χ0n) is 19.7. The van der Waals surface area contributed by atoms with Gasteiger partial charge in [0.25, 0.3) is 11.8 Å². The van der Waals surface area contributed by atoms with Crippen LogP contribution in [0.1, 0.15) is 47.5 Å². The van der Waals surface area contributed by atoms with Gasteiger partial charge in [0.15, 0.2) is 18.5 Å². The highest BCUT2D eigenvalue weighted by atomic mass is 35.5. The average Bonchev–Trinajstić information content (AvgIpc) is 3.58. The third kappa shape index (κ3) is 5.10. The second-order valence-electron chi connectivity index (χ2n) is 8.60. The summed E-state index contributed by atoms with van der Waals surface area (Å²) in [7, 11) is 1.54. The van der Waals surface area contributed by atoms with Gasteiger partial charge in [-0.2, -0.15) is 0 Å². The number of carbonyl (C=O) groups is 1. The highest BCUT2D eigenvalue weighted by Crippen LogP contribution is 2.38. The van der Waals surface area contributed by atoms with Gasteiger partial charge >= 0.3 is 0 Å². The molecular weight excluding hydrogens is 502 g/mol. The summed E-state index contributed by atoms with van der Waals surface area (Å²) >= 11 is 7.96. The van der Waals surface area contributed by atoms with Gasteiger partial charge in [-0.1, -0.05) is 22.8 Å². The second kappa shape index (κ2) is 10.7. The Hall–Kier alpha value is -3.37. The van der Waals surface area contributed by atoms with Gasteiger partial charge in [-0.05, 0) is 37.1 Å². The number of ether oxygens (including phenoxy) is 2. The summed E-state index contributed by atoms with van der Waals surface area (Å²) in [5.41, 5.74) is 9.07. The minimum Gasteiger partial charge on any atom is -0.491 e. The molecule has 2 aliphatic heterocycles. The standard InChI is InChI=1S/C25H26ClN5O4S/c1-33-20-6-3-9-28-24(20)34-13-22(32)31-10-7-15(8-11-31)25-29-19(14-36-25)18-12-21(35-30-18)23-16(26)4-2-5-17(23)27/h2-6,9,14-15,21H,7-8,10-13,27H2,1H3. The second-order valence-corrected chi connectivity index (χ2v) is 9.90. The molecule has 1 unspecified atom stereocenters. The zero-order valence-corrected chi connectivity index (χ0v) is 21.3. The fraction of sp³-hybridized carbons (Fsp3) is 0.360. The van der Waals surface area contributed by atoms with E-state index in [1.807, 2.05) is 22.4 Å². The molecule has 0 spiro atoms. The van der Waals surface area contributed by atoms with Gasteiger partial charge in [0.05, 0.1) is 17.8 Å². The quantitative estimate of drug-likeness (QED) is 0.452. The van der Waals surface area contributed by atoms with Crippen molar-refractivity contribution in [3.05, 3.63) is 63.2 Å². The number of amides is 1. The zero-order chi connectivity index (χ0) is 25.1. The summed E-state index contributed by atoms with van der Waals surface area (Å²) in [5, 5.41) is 7.90. The normalized spacial score (nSPS) is 18.0. The number of anilines is 1. The number of likely N-dealkylation sites (tertiary alicyclic amines) is 1. The lowest BCUT2D eigenvalue weighted by molar-refractivity contribution is -0.134. The summed E-state index contributed by atoms with van der Waals surface area (Å²) in [6.07, 6.45) is 3.53. The summed E-state index contributed by atoms with van der Waals surface area (Å²) in [5.74, 6) is 1.05. The van der Waals surface area contributed by atoms with Crippen molar-refractivity contribution in [1.29, 1.82) is 0 Å². The fourth-order valence-electron chi connectivity index (χ4n) is 4.42. The number of nitrogens with zero attached hydrogens (tertiary/aromatic N) is 4. The Morgan fingerprint density at radius 3 is 2.89 bits per heavy atom. The largest absolute Gasteiger partial charge is 0.491 e. The first-order valence-corrected chi connectivity index (χ1v) is 12.9. The van der Waals surface area contributed by atoms with Crippen molar-refractivity contribution < 1.29 is 19.1 Å². The molecule has 188 valence electrons. The van der Waals surface area contributed by atoms with Crippen LogP contribution in [-0.2, 0) is 9.63 Å². The van der Waals surface area contributed by atoms with E-state index in [4.69, 9.17) is 36.6 Å². The Balaban J connectivity index is 1.14. The molecule has 0 aliphatic carbocycles. The van der Waals surface area contributed by atoms with E-state index in [0.29, 0.717) is 47.8 Å². The van der Waals surface area contributed by atoms with Crippen molar-refractivity contribution in [2.45, 2.75) is 31.3 Å². The predicted octanol–water partition coefficient (Wildman–Crippen LogP) is 4.43. The van der Waals surface area contributed by atoms with E-state index in [9.17, 15) is 4.79 Å². The monoisotopic (exact) mass is 527 g/mol. The van der Waals surface area contributed by atoms with E-state index in [0.717, 1.165) is 34.8 Å². The number of carbonyl (C=O) groups excluding carboxylic acids is 1. The summed E-state index contributed by atoms with van der Waals surface area (Å²) < 4.78 is 10.8. The molecule has 0 radical (unpaired) electrons. The average molecular weight is 528 g/mol. The number of aromatic nitrogens is 2. The Morgan fingerprint density at radius 2 is 2.11 bits per heavy atom. The Labute approximate surface area is 217 Å². The van der Waals surface area contributed by atoms with Crippen LogP contribution in [0.4, 0.5) is 5.69 Å². The van der Waals surface area contributed by atoms with Crippen LogP contribution < -0.4 is 15.2 Å². The number of oxime groups is 1. The lowest BCUT2D eigenvalue weighted by atomic mass is 9.97. The molecule has 3 aromatic rings. The van der Waals surface area contributed by atoms with E-state index in [-0.39, 0.29) is 18.6 Å². The van der Waals surface area contributed by atoms with E-state index >= 15 is 0 Å². The summed E-state index contributed by atoms with van der Waals surface area (Å²) in [4.78, 5) is 29.1. The van der Waals surface area contributed by atoms with Crippen LogP contribution in [0.3, 0.4) is 0 Å². The topological polar surface area (TPSA) is 112 Å². The number of methoxy groups -OCH3 is 1. The number of nitrogens with two attached hydrogens (primary N) is 1. The van der Waals surface area contributed by atoms with Crippen LogP contribution in [0.15, 0.2) is 47.1 Å². The van der Waals surface area contributed by atoms with Gasteiger partial charge in [-0.25, -0.2) is 9.97 Å². The van der Waals surface area contributed by atoms with Crippen LogP contribution in [0.25, 0.3) is 0 Å². The van der Waals surface area contributed by atoms with E-state index in [1.165, 1.54) is 0 Å². The molecule has 2 N–H and O–H groups in total. The van der Waals surface area contributed by atoms with E-state index < -0.39 is 0 Å². The molecule has 1 atom stereocenters. The van der Waals surface area contributed by atoms with Gasteiger partial charge in [0, 0.05) is 53.3 Å². The number of benzene rings is 1. The summed E-state index contributed by atoms with van der Waals surface area (Å²) in [6, 6.07) is 8.92. The Bertz CT molecular complexity index is 1250. The van der Waals surface area contributed by atoms with E-state index in [1.54, 1.807) is 42.8 Å². The maximum absolute atomic E-state index is 12.7. The van der Waals surface area contributed by atoms with Gasteiger partial charge in [0.2, 0.25) is 0 Å². The molecule has 1 amide bonds. The van der Waals surface area contributed by atoms with Gasteiger partial charge in [-0.3, -0.25) is 4.79 Å². The number of hydrogen-bond donors (Lipinski definition) is 1. The maximum atomic E-state index is 12.7. The number of piperidine rings is 1. The number of hydrogen-bond acceptors (Lipinski definition) is 9. The molecular formula is C25H26ClN5O4S. The Kier molecular flexibility index (Phi) is 7.24. The Morgan fingerprint density at radius 1 is 1.28 bits per heavy atom. The number of nitrogen functional groups attached to an aromatic ring is 1. The molecule has 0 saturated carbocycles. The minimum atomic E-state index is -0.318. The molecule has 9 nitrogen and oxygen atoms in total. The predicted molar refractivity (Wildman–Crippen MR) is 138 cm³/mol. The van der Waals surface area contributed by atoms with Crippen LogP contribution in [0.5, 0.6) is 11.6 Å². The van der Waals surface area contributed by atoms with Crippen LogP contribution >= 0.6 is 22.9 Å². The molecule has 1 saturated heterocycles. The molecule has 1 aromatic carbocycles. The number of halogens is 1. The molecule has 2 aromatic heterocycles. The van der Waals surface area contributed by atoms with Crippen LogP contribution in [-0.4, -0.2) is 53.3 Å². The van der Waals surface area contributed by atoms with Gasteiger partial charge in [0.1, 0.15) is 5.71 Å². The maximum Gasteiger partial charge on any atom is 0.260 e. The number of pyridine rings is 1. The van der Waals surface area contributed by atoms with Gasteiger partial charge in [-0.15, -0.1) is 11.3 Å². The lowest BCUT2D eigenvalue weighted by Crippen LogP contribution is -2.40. The van der Waals surface area contributed by atoms with Crippen molar-refractivity contribution in [1.82, 2.24) is 14.9 Å². The highest BCUT2D eigenvalue weighted by Gasteiger charge is 2.30. The summed E-state index contributed by atoms with van der Waals surface area (Å²) in [6.45, 7) is 1.23. The molecule has 0 bridgehead atoms. The molecule has 11 heteroatoms. The minimum absolute atomic E-state index is 0.0664. The van der Waals surface area contributed by atoms with Gasteiger partial charge < -0.3 is 24.9 Å². The van der Waals surface area contributed by atoms with Crippen LogP contribution in [0.2, 0.25) is 5.02 Å². The highest BCUT2D eigenvalue weighted by molar-refractivity contribution is 7.10. The first-order chi connectivity index (χ1) is 17.5. The third-order valence-electron chi connectivity index (χ3n) is 6.38. The fourth-order valence-corrected chi connectivity index (χ4v) is 5.73. The molecule has 4 heterocycles. The van der Waals surface area contributed by atoms with Crippen molar-refractivity contribution in [2.75, 3.05) is 32.5 Å². The van der Waals surface area contributed by atoms with Crippen molar-refractivity contribution >= 4 is 40.2 Å². The third-order valence-corrected chi connectivity index (χ3v) is 7.72. The number of rotatable bonds is 7. The molecule has 36 heavy (non-hydrogen) atoms. The van der Waals surface area contributed by atoms with Crippen molar-refractivity contribution in [2.24, 2.45) is 5.16 Å². The smallest absolute Gasteiger partial charge is 0.260 e. The molecule has 5 rings (SSSR count). The number of thiazole rings is 1.